The highest BCUT2D eigenvalue weighted by Gasteiger charge is 2.11. The summed E-state index contributed by atoms with van der Waals surface area (Å²) in [5, 5.41) is -0.0486. The van der Waals surface area contributed by atoms with Crippen LogP contribution in [0.1, 0.15) is 30.6 Å². The Bertz CT molecular complexity index is 486. The van der Waals surface area contributed by atoms with Crippen LogP contribution >= 0.6 is 11.6 Å². The zero-order chi connectivity index (χ0) is 11.0. The van der Waals surface area contributed by atoms with Gasteiger partial charge in [-0.1, -0.05) is 13.0 Å². The van der Waals surface area contributed by atoms with E-state index < -0.39 is 0 Å². The van der Waals surface area contributed by atoms with Crippen LogP contribution in [-0.2, 0) is 13.5 Å². The molecule has 2 rings (SSSR count). The first-order chi connectivity index (χ1) is 7.13. The SMILES string of the molecule is CCc1ccc2c(c1)nc(C(C)Cl)n2C. The van der Waals surface area contributed by atoms with Crippen LogP contribution in [0, 0.1) is 0 Å². The van der Waals surface area contributed by atoms with E-state index in [0.29, 0.717) is 0 Å². The molecule has 3 heteroatoms. The van der Waals surface area contributed by atoms with Gasteiger partial charge in [0.05, 0.1) is 16.4 Å². The summed E-state index contributed by atoms with van der Waals surface area (Å²) >= 11 is 6.07. The average molecular weight is 223 g/mol. The molecule has 0 saturated carbocycles. The summed E-state index contributed by atoms with van der Waals surface area (Å²) in [4.78, 5) is 4.55. The van der Waals surface area contributed by atoms with Crippen molar-refractivity contribution in [2.75, 3.05) is 0 Å². The van der Waals surface area contributed by atoms with Gasteiger partial charge in [0.25, 0.3) is 0 Å². The van der Waals surface area contributed by atoms with E-state index in [2.05, 4.69) is 34.7 Å². The van der Waals surface area contributed by atoms with E-state index in [1.807, 2.05) is 14.0 Å². The van der Waals surface area contributed by atoms with Gasteiger partial charge < -0.3 is 4.57 Å². The fourth-order valence-electron chi connectivity index (χ4n) is 1.84. The highest BCUT2D eigenvalue weighted by molar-refractivity contribution is 6.20. The molecular weight excluding hydrogens is 208 g/mol. The maximum atomic E-state index is 6.07. The van der Waals surface area contributed by atoms with Crippen LogP contribution in [0.2, 0.25) is 0 Å². The van der Waals surface area contributed by atoms with E-state index in [1.165, 1.54) is 5.56 Å². The zero-order valence-electron chi connectivity index (χ0n) is 9.29. The first-order valence-corrected chi connectivity index (χ1v) is 5.66. The van der Waals surface area contributed by atoms with Crippen LogP contribution in [-0.4, -0.2) is 9.55 Å². The van der Waals surface area contributed by atoms with E-state index >= 15 is 0 Å². The third kappa shape index (κ3) is 1.74. The van der Waals surface area contributed by atoms with E-state index in [-0.39, 0.29) is 5.38 Å². The number of benzene rings is 1. The van der Waals surface area contributed by atoms with Crippen LogP contribution in [0.4, 0.5) is 0 Å². The monoisotopic (exact) mass is 222 g/mol. The second-order valence-electron chi connectivity index (χ2n) is 3.82. The molecule has 1 aromatic carbocycles. The molecule has 2 nitrogen and oxygen atoms in total. The van der Waals surface area contributed by atoms with Crippen molar-refractivity contribution in [1.29, 1.82) is 0 Å². The Morgan fingerprint density at radius 3 is 2.80 bits per heavy atom. The summed E-state index contributed by atoms with van der Waals surface area (Å²) in [5.74, 6) is 0.930. The normalized spacial score (nSPS) is 13.3. The standard InChI is InChI=1S/C12H15ClN2/c1-4-9-5-6-11-10(7-9)14-12(8(2)13)15(11)3/h5-8H,4H2,1-3H3. The lowest BCUT2D eigenvalue weighted by molar-refractivity contribution is 0.812. The minimum atomic E-state index is -0.0486. The Morgan fingerprint density at radius 2 is 2.20 bits per heavy atom. The fraction of sp³-hybridized carbons (Fsp3) is 0.417. The highest BCUT2D eigenvalue weighted by Crippen LogP contribution is 2.23. The van der Waals surface area contributed by atoms with Crippen LogP contribution in [0.5, 0.6) is 0 Å². The molecule has 0 bridgehead atoms. The number of alkyl halides is 1. The first kappa shape index (κ1) is 10.5. The second-order valence-corrected chi connectivity index (χ2v) is 4.48. The van der Waals surface area contributed by atoms with E-state index in [4.69, 9.17) is 11.6 Å². The quantitative estimate of drug-likeness (QED) is 0.712. The minimum Gasteiger partial charge on any atom is -0.330 e. The molecule has 0 fully saturated rings. The molecule has 2 aromatic rings. The lowest BCUT2D eigenvalue weighted by Gasteiger charge is -2.02. The predicted molar refractivity (Wildman–Crippen MR) is 64.4 cm³/mol. The summed E-state index contributed by atoms with van der Waals surface area (Å²) in [6, 6.07) is 6.40. The number of halogens is 1. The predicted octanol–water partition coefficient (Wildman–Crippen LogP) is 3.44. The smallest absolute Gasteiger partial charge is 0.127 e. The molecule has 1 heterocycles. The second kappa shape index (κ2) is 3.86. The van der Waals surface area contributed by atoms with Crippen molar-refractivity contribution in [2.24, 2.45) is 7.05 Å². The Hall–Kier alpha value is -1.02. The third-order valence-electron chi connectivity index (χ3n) is 2.74. The van der Waals surface area contributed by atoms with Gasteiger partial charge in [-0.3, -0.25) is 0 Å². The summed E-state index contributed by atoms with van der Waals surface area (Å²) in [7, 11) is 2.01. The van der Waals surface area contributed by atoms with Crippen molar-refractivity contribution in [1.82, 2.24) is 9.55 Å². The average Bonchev–Trinajstić information content (AvgIpc) is 2.55. The Morgan fingerprint density at radius 1 is 1.47 bits per heavy atom. The number of aryl methyl sites for hydroxylation is 2. The van der Waals surface area contributed by atoms with Gasteiger partial charge in [-0.15, -0.1) is 11.6 Å². The molecule has 0 saturated heterocycles. The molecule has 0 spiro atoms. The maximum absolute atomic E-state index is 6.07. The Kier molecular flexibility index (Phi) is 2.70. The van der Waals surface area contributed by atoms with E-state index in [0.717, 1.165) is 23.3 Å². The molecule has 0 amide bonds. The molecule has 0 radical (unpaired) electrons. The Balaban J connectivity index is 2.65. The molecular formula is C12H15ClN2. The number of imidazole rings is 1. The number of hydrogen-bond acceptors (Lipinski definition) is 1. The number of nitrogens with zero attached hydrogens (tertiary/aromatic N) is 2. The van der Waals surface area contributed by atoms with Gasteiger partial charge in [0.1, 0.15) is 5.82 Å². The van der Waals surface area contributed by atoms with Gasteiger partial charge in [-0.05, 0) is 31.0 Å². The first-order valence-electron chi connectivity index (χ1n) is 5.22. The molecule has 0 aliphatic rings. The van der Waals surface area contributed by atoms with Crippen molar-refractivity contribution < 1.29 is 0 Å². The van der Waals surface area contributed by atoms with E-state index in [1.54, 1.807) is 0 Å². The molecule has 1 aromatic heterocycles. The van der Waals surface area contributed by atoms with Gasteiger partial charge >= 0.3 is 0 Å². The Labute approximate surface area is 94.9 Å². The topological polar surface area (TPSA) is 17.8 Å². The summed E-state index contributed by atoms with van der Waals surface area (Å²) < 4.78 is 2.06. The van der Waals surface area contributed by atoms with Crippen molar-refractivity contribution in [3.8, 4) is 0 Å². The van der Waals surface area contributed by atoms with Crippen LogP contribution in [0.15, 0.2) is 18.2 Å². The molecule has 0 aliphatic heterocycles. The van der Waals surface area contributed by atoms with Gasteiger partial charge in [0.2, 0.25) is 0 Å². The van der Waals surface area contributed by atoms with Crippen molar-refractivity contribution in [3.05, 3.63) is 29.6 Å². The largest absolute Gasteiger partial charge is 0.330 e. The number of fused-ring (bicyclic) bond motifs is 1. The number of rotatable bonds is 2. The van der Waals surface area contributed by atoms with Gasteiger partial charge in [-0.25, -0.2) is 4.98 Å². The highest BCUT2D eigenvalue weighted by atomic mass is 35.5. The van der Waals surface area contributed by atoms with Crippen molar-refractivity contribution in [3.63, 3.8) is 0 Å². The van der Waals surface area contributed by atoms with E-state index in [9.17, 15) is 0 Å². The van der Waals surface area contributed by atoms with Crippen molar-refractivity contribution >= 4 is 22.6 Å². The number of aromatic nitrogens is 2. The summed E-state index contributed by atoms with van der Waals surface area (Å²) in [6.45, 7) is 4.10. The minimum absolute atomic E-state index is 0.0486. The van der Waals surface area contributed by atoms with Crippen LogP contribution in [0.25, 0.3) is 11.0 Å². The van der Waals surface area contributed by atoms with Gasteiger partial charge in [0.15, 0.2) is 0 Å². The van der Waals surface area contributed by atoms with Gasteiger partial charge in [0, 0.05) is 7.05 Å². The van der Waals surface area contributed by atoms with Crippen LogP contribution < -0.4 is 0 Å². The number of hydrogen-bond donors (Lipinski definition) is 0. The molecule has 1 unspecified atom stereocenters. The third-order valence-corrected chi connectivity index (χ3v) is 2.94. The van der Waals surface area contributed by atoms with Crippen molar-refractivity contribution in [2.45, 2.75) is 25.6 Å². The molecule has 80 valence electrons. The summed E-state index contributed by atoms with van der Waals surface area (Å²) in [6.07, 6.45) is 1.04. The van der Waals surface area contributed by atoms with Gasteiger partial charge in [-0.2, -0.15) is 0 Å². The summed E-state index contributed by atoms with van der Waals surface area (Å²) in [5.41, 5.74) is 3.50. The molecule has 0 aliphatic carbocycles. The molecule has 15 heavy (non-hydrogen) atoms. The zero-order valence-corrected chi connectivity index (χ0v) is 10.0. The lowest BCUT2D eigenvalue weighted by Crippen LogP contribution is -1.97. The fourth-order valence-corrected chi connectivity index (χ4v) is 2.03. The van der Waals surface area contributed by atoms with Crippen LogP contribution in [0.3, 0.4) is 0 Å². The molecule has 1 atom stereocenters. The maximum Gasteiger partial charge on any atom is 0.127 e. The lowest BCUT2D eigenvalue weighted by atomic mass is 10.1. The molecule has 0 N–H and O–H groups in total.